The van der Waals surface area contributed by atoms with Crippen LogP contribution in [0.1, 0.15) is 11.1 Å². The Labute approximate surface area is 120 Å². The van der Waals surface area contributed by atoms with Gasteiger partial charge in [0.2, 0.25) is 0 Å². The average Bonchev–Trinajstić information content (AvgIpc) is 2.84. The lowest BCUT2D eigenvalue weighted by Gasteiger charge is -2.03. The van der Waals surface area contributed by atoms with Gasteiger partial charge in [-0.25, -0.2) is 0 Å². The van der Waals surface area contributed by atoms with E-state index in [0.29, 0.717) is 0 Å². The smallest absolute Gasteiger partial charge is 0.119 e. The number of aromatic amines is 1. The Hall–Kier alpha value is -1.74. The Balaban J connectivity index is 1.98. The molecule has 0 aliphatic heterocycles. The molecule has 0 radical (unpaired) electrons. The zero-order valence-corrected chi connectivity index (χ0v) is 12.2. The largest absolute Gasteiger partial charge is 0.497 e. The summed E-state index contributed by atoms with van der Waals surface area (Å²) in [5.74, 6) is 0.893. The molecule has 1 N–H and O–H groups in total. The fourth-order valence-electron chi connectivity index (χ4n) is 2.25. The van der Waals surface area contributed by atoms with Gasteiger partial charge in [0, 0.05) is 21.6 Å². The van der Waals surface area contributed by atoms with Crippen molar-refractivity contribution >= 4 is 26.8 Å². The van der Waals surface area contributed by atoms with Crippen molar-refractivity contribution in [2.24, 2.45) is 0 Å². The molecule has 2 nitrogen and oxygen atoms in total. The summed E-state index contributed by atoms with van der Waals surface area (Å²) in [6.45, 7) is 0. The van der Waals surface area contributed by atoms with E-state index in [4.69, 9.17) is 4.74 Å². The van der Waals surface area contributed by atoms with E-state index < -0.39 is 0 Å². The molecule has 3 aromatic rings. The summed E-state index contributed by atoms with van der Waals surface area (Å²) in [6, 6.07) is 14.5. The van der Waals surface area contributed by atoms with E-state index in [2.05, 4.69) is 63.5 Å². The number of methoxy groups -OCH3 is 1. The maximum Gasteiger partial charge on any atom is 0.119 e. The van der Waals surface area contributed by atoms with Crippen LogP contribution in [0.25, 0.3) is 10.9 Å². The lowest BCUT2D eigenvalue weighted by Crippen LogP contribution is -1.87. The molecule has 0 fully saturated rings. The SMILES string of the molecule is COc1ccc2[nH]cc(Cc3ccc(Br)cc3)c2c1. The molecule has 0 saturated heterocycles. The predicted octanol–water partition coefficient (Wildman–Crippen LogP) is 4.53. The van der Waals surface area contributed by atoms with Gasteiger partial charge in [-0.15, -0.1) is 0 Å². The number of ether oxygens (including phenoxy) is 1. The zero-order chi connectivity index (χ0) is 13.2. The van der Waals surface area contributed by atoms with Gasteiger partial charge < -0.3 is 9.72 Å². The number of fused-ring (bicyclic) bond motifs is 1. The molecule has 1 aromatic heterocycles. The van der Waals surface area contributed by atoms with Crippen LogP contribution in [0.5, 0.6) is 5.75 Å². The lowest BCUT2D eigenvalue weighted by atomic mass is 10.0. The van der Waals surface area contributed by atoms with Crippen molar-refractivity contribution in [3.05, 3.63) is 64.3 Å². The molecular weight excluding hydrogens is 302 g/mol. The fourth-order valence-corrected chi connectivity index (χ4v) is 2.52. The van der Waals surface area contributed by atoms with E-state index in [1.807, 2.05) is 6.07 Å². The van der Waals surface area contributed by atoms with Crippen molar-refractivity contribution in [2.45, 2.75) is 6.42 Å². The Morgan fingerprint density at radius 1 is 1.11 bits per heavy atom. The Kier molecular flexibility index (Phi) is 3.30. The quantitative estimate of drug-likeness (QED) is 0.754. The maximum absolute atomic E-state index is 5.29. The number of hydrogen-bond donors (Lipinski definition) is 1. The molecule has 0 spiro atoms. The predicted molar refractivity (Wildman–Crippen MR) is 81.8 cm³/mol. The van der Waals surface area contributed by atoms with Crippen LogP contribution in [-0.4, -0.2) is 12.1 Å². The topological polar surface area (TPSA) is 25.0 Å². The van der Waals surface area contributed by atoms with Crippen LogP contribution in [-0.2, 0) is 6.42 Å². The summed E-state index contributed by atoms with van der Waals surface area (Å²) in [5, 5.41) is 1.22. The molecule has 3 rings (SSSR count). The first-order valence-electron chi connectivity index (χ1n) is 6.15. The highest BCUT2D eigenvalue weighted by atomic mass is 79.9. The van der Waals surface area contributed by atoms with Gasteiger partial charge in [-0.05, 0) is 47.9 Å². The van der Waals surface area contributed by atoms with Crippen molar-refractivity contribution in [3.8, 4) is 5.75 Å². The van der Waals surface area contributed by atoms with Crippen molar-refractivity contribution in [1.82, 2.24) is 4.98 Å². The first-order chi connectivity index (χ1) is 9.26. The van der Waals surface area contributed by atoms with Gasteiger partial charge in [-0.3, -0.25) is 0 Å². The fraction of sp³-hybridized carbons (Fsp3) is 0.125. The third kappa shape index (κ3) is 2.51. The number of benzene rings is 2. The summed E-state index contributed by atoms with van der Waals surface area (Å²) in [4.78, 5) is 3.31. The van der Waals surface area contributed by atoms with E-state index >= 15 is 0 Å². The van der Waals surface area contributed by atoms with Crippen LogP contribution in [0.2, 0.25) is 0 Å². The summed E-state index contributed by atoms with van der Waals surface area (Å²) in [5.41, 5.74) is 3.73. The second-order valence-corrected chi connectivity index (χ2v) is 5.44. The van der Waals surface area contributed by atoms with E-state index in [0.717, 1.165) is 22.2 Å². The zero-order valence-electron chi connectivity index (χ0n) is 10.6. The Bertz CT molecular complexity index is 700. The van der Waals surface area contributed by atoms with Crippen molar-refractivity contribution in [3.63, 3.8) is 0 Å². The minimum atomic E-state index is 0.893. The molecule has 0 unspecified atom stereocenters. The van der Waals surface area contributed by atoms with Crippen LogP contribution in [0.3, 0.4) is 0 Å². The molecule has 96 valence electrons. The summed E-state index contributed by atoms with van der Waals surface area (Å²) in [7, 11) is 1.70. The molecule has 0 aliphatic carbocycles. The molecule has 3 heteroatoms. The van der Waals surface area contributed by atoms with Gasteiger partial charge in [0.15, 0.2) is 0 Å². The number of rotatable bonds is 3. The number of halogens is 1. The third-order valence-electron chi connectivity index (χ3n) is 3.28. The first kappa shape index (κ1) is 12.3. The molecule has 19 heavy (non-hydrogen) atoms. The number of aromatic nitrogens is 1. The maximum atomic E-state index is 5.29. The van der Waals surface area contributed by atoms with Gasteiger partial charge >= 0.3 is 0 Å². The molecule has 0 atom stereocenters. The summed E-state index contributed by atoms with van der Waals surface area (Å²) >= 11 is 3.46. The summed E-state index contributed by atoms with van der Waals surface area (Å²) in [6.07, 6.45) is 2.99. The second-order valence-electron chi connectivity index (χ2n) is 4.53. The summed E-state index contributed by atoms with van der Waals surface area (Å²) < 4.78 is 6.40. The molecule has 0 amide bonds. The molecule has 0 bridgehead atoms. The Morgan fingerprint density at radius 2 is 1.89 bits per heavy atom. The van der Waals surface area contributed by atoms with Gasteiger partial charge in [0.25, 0.3) is 0 Å². The van der Waals surface area contributed by atoms with Gasteiger partial charge in [-0.2, -0.15) is 0 Å². The van der Waals surface area contributed by atoms with E-state index in [1.54, 1.807) is 7.11 Å². The van der Waals surface area contributed by atoms with E-state index in [-0.39, 0.29) is 0 Å². The van der Waals surface area contributed by atoms with Gasteiger partial charge in [0.05, 0.1) is 7.11 Å². The highest BCUT2D eigenvalue weighted by Gasteiger charge is 2.06. The number of nitrogens with one attached hydrogen (secondary N) is 1. The Morgan fingerprint density at radius 3 is 2.63 bits per heavy atom. The highest BCUT2D eigenvalue weighted by molar-refractivity contribution is 9.10. The lowest BCUT2D eigenvalue weighted by molar-refractivity contribution is 0.415. The standard InChI is InChI=1S/C16H14BrNO/c1-19-14-6-7-16-15(9-14)12(10-18-16)8-11-2-4-13(17)5-3-11/h2-7,9-10,18H,8H2,1H3. The normalized spacial score (nSPS) is 10.8. The van der Waals surface area contributed by atoms with Gasteiger partial charge in [-0.1, -0.05) is 28.1 Å². The van der Waals surface area contributed by atoms with Crippen LogP contribution in [0.15, 0.2) is 53.1 Å². The average molecular weight is 316 g/mol. The van der Waals surface area contributed by atoms with Gasteiger partial charge in [0.1, 0.15) is 5.75 Å². The minimum Gasteiger partial charge on any atom is -0.497 e. The minimum absolute atomic E-state index is 0.893. The van der Waals surface area contributed by atoms with E-state index in [9.17, 15) is 0 Å². The second kappa shape index (κ2) is 5.10. The molecular formula is C16H14BrNO. The highest BCUT2D eigenvalue weighted by Crippen LogP contribution is 2.25. The molecule has 0 aliphatic rings. The molecule has 0 saturated carbocycles. The van der Waals surface area contributed by atoms with Crippen molar-refractivity contribution < 1.29 is 4.74 Å². The van der Waals surface area contributed by atoms with Crippen LogP contribution < -0.4 is 4.74 Å². The van der Waals surface area contributed by atoms with Crippen LogP contribution in [0, 0.1) is 0 Å². The van der Waals surface area contributed by atoms with Crippen molar-refractivity contribution in [2.75, 3.05) is 7.11 Å². The molecule has 1 heterocycles. The van der Waals surface area contributed by atoms with Crippen molar-refractivity contribution in [1.29, 1.82) is 0 Å². The number of hydrogen-bond acceptors (Lipinski definition) is 1. The molecule has 2 aromatic carbocycles. The first-order valence-corrected chi connectivity index (χ1v) is 6.94. The van der Waals surface area contributed by atoms with Crippen LogP contribution >= 0.6 is 15.9 Å². The van der Waals surface area contributed by atoms with Crippen LogP contribution in [0.4, 0.5) is 0 Å². The monoisotopic (exact) mass is 315 g/mol. The third-order valence-corrected chi connectivity index (χ3v) is 3.81. The van der Waals surface area contributed by atoms with E-state index in [1.165, 1.54) is 16.5 Å². The number of H-pyrrole nitrogens is 1.